The number of ether oxygens (including phenoxy) is 1. The topological polar surface area (TPSA) is 64.8 Å². The average molecular weight is 401 g/mol. The molecule has 0 saturated carbocycles. The van der Waals surface area contributed by atoms with E-state index in [1.54, 1.807) is 7.11 Å². The van der Waals surface area contributed by atoms with Gasteiger partial charge < -0.3 is 19.5 Å². The van der Waals surface area contributed by atoms with E-state index in [4.69, 9.17) is 4.74 Å². The fourth-order valence-corrected chi connectivity index (χ4v) is 3.88. The summed E-state index contributed by atoms with van der Waals surface area (Å²) in [6.07, 6.45) is 0. The van der Waals surface area contributed by atoms with Gasteiger partial charge in [0.05, 0.1) is 13.7 Å². The molecule has 0 bridgehead atoms. The second-order valence-corrected chi connectivity index (χ2v) is 7.98. The zero-order valence-corrected chi connectivity index (χ0v) is 18.7. The van der Waals surface area contributed by atoms with Crippen molar-refractivity contribution >= 4 is 17.4 Å². The van der Waals surface area contributed by atoms with Gasteiger partial charge in [-0.2, -0.15) is 0 Å². The van der Waals surface area contributed by atoms with Crippen molar-refractivity contribution in [2.45, 2.75) is 41.2 Å². The molecule has 29 heavy (non-hydrogen) atoms. The number of aromatic nitrogens is 1. The molecule has 2 rings (SSSR count). The Morgan fingerprint density at radius 1 is 1.03 bits per heavy atom. The molecule has 2 aromatic rings. The normalized spacial score (nSPS) is 12.1. The number of hydrogen-bond donors (Lipinski definition) is 2. The van der Waals surface area contributed by atoms with E-state index < -0.39 is 0 Å². The van der Waals surface area contributed by atoms with E-state index >= 15 is 0 Å². The van der Waals surface area contributed by atoms with E-state index in [0.717, 1.165) is 45.2 Å². The minimum Gasteiger partial charge on any atom is -0.383 e. The summed E-state index contributed by atoms with van der Waals surface area (Å²) in [5.74, 6) is -0.0364. The van der Waals surface area contributed by atoms with Crippen molar-refractivity contribution in [2.75, 3.05) is 39.2 Å². The Morgan fingerprint density at radius 2 is 1.66 bits per heavy atom. The van der Waals surface area contributed by atoms with E-state index in [1.165, 1.54) is 5.56 Å². The van der Waals surface area contributed by atoms with E-state index in [1.807, 2.05) is 47.7 Å². The van der Waals surface area contributed by atoms with Gasteiger partial charge in [-0.3, -0.25) is 9.59 Å². The largest absolute Gasteiger partial charge is 0.383 e. The maximum atomic E-state index is 12.8. The minimum absolute atomic E-state index is 0.0507. The number of hydrogen-bond acceptors (Lipinski definition) is 3. The summed E-state index contributed by atoms with van der Waals surface area (Å²) in [4.78, 5) is 26.2. The fourth-order valence-electron chi connectivity index (χ4n) is 3.88. The van der Waals surface area contributed by atoms with Crippen molar-refractivity contribution < 1.29 is 19.2 Å². The average Bonchev–Trinajstić information content (AvgIpc) is 2.90. The molecule has 1 amide bonds. The van der Waals surface area contributed by atoms with Crippen molar-refractivity contribution in [2.24, 2.45) is 0 Å². The van der Waals surface area contributed by atoms with Gasteiger partial charge in [-0.15, -0.1) is 0 Å². The van der Waals surface area contributed by atoms with Crippen LogP contribution in [0.25, 0.3) is 0 Å². The van der Waals surface area contributed by atoms with Crippen molar-refractivity contribution in [3.63, 3.8) is 0 Å². The molecule has 1 aromatic carbocycles. The first-order valence-corrected chi connectivity index (χ1v) is 10.0. The van der Waals surface area contributed by atoms with Crippen LogP contribution in [0.2, 0.25) is 0 Å². The van der Waals surface area contributed by atoms with Crippen molar-refractivity contribution in [3.8, 4) is 0 Å². The summed E-state index contributed by atoms with van der Waals surface area (Å²) in [5.41, 5.74) is 6.86. The first-order valence-electron chi connectivity index (χ1n) is 10.0. The van der Waals surface area contributed by atoms with Gasteiger partial charge in [-0.05, 0) is 51.8 Å². The van der Waals surface area contributed by atoms with Gasteiger partial charge in [0.2, 0.25) is 5.78 Å². The van der Waals surface area contributed by atoms with Crippen molar-refractivity contribution in [1.29, 1.82) is 0 Å². The number of ketones is 1. The van der Waals surface area contributed by atoms with Crippen LogP contribution < -0.4 is 10.2 Å². The Balaban J connectivity index is 1.99. The number of amides is 1. The van der Waals surface area contributed by atoms with E-state index in [2.05, 4.69) is 22.0 Å². The number of Topliss-reactive ketones (excluding diaryl/α,β-unsaturated/α-hetero) is 1. The standard InChI is InChI=1S/C23H33N3O3/c1-15-10-16(2)23(17(3)11-15)24-22(28)14-25(6)13-21(27)20-12-18(4)26(19(20)5)8-9-29-7/h10-12H,8-9,13-14H2,1-7H3,(H,24,28)/p+1. The summed E-state index contributed by atoms with van der Waals surface area (Å²) in [5, 5.41) is 3.01. The zero-order chi connectivity index (χ0) is 21.7. The van der Waals surface area contributed by atoms with E-state index in [9.17, 15) is 9.59 Å². The van der Waals surface area contributed by atoms with Crippen molar-refractivity contribution in [3.05, 3.63) is 51.8 Å². The van der Waals surface area contributed by atoms with Crippen LogP contribution in [-0.2, 0) is 16.1 Å². The van der Waals surface area contributed by atoms with Gasteiger partial charge >= 0.3 is 0 Å². The molecule has 1 aromatic heterocycles. The summed E-state index contributed by atoms with van der Waals surface area (Å²) >= 11 is 0. The summed E-state index contributed by atoms with van der Waals surface area (Å²) in [6.45, 7) is 11.8. The zero-order valence-electron chi connectivity index (χ0n) is 18.7. The van der Waals surface area contributed by atoms with Crippen molar-refractivity contribution in [1.82, 2.24) is 4.57 Å². The number of carbonyl (C=O) groups excluding carboxylic acids is 2. The Labute approximate surface area is 173 Å². The quantitative estimate of drug-likeness (QED) is 0.633. The third kappa shape index (κ3) is 5.78. The third-order valence-electron chi connectivity index (χ3n) is 5.26. The third-order valence-corrected chi connectivity index (χ3v) is 5.26. The fraction of sp³-hybridized carbons (Fsp3) is 0.478. The number of quaternary nitrogens is 1. The second-order valence-electron chi connectivity index (χ2n) is 7.98. The lowest BCUT2D eigenvalue weighted by atomic mass is 10.1. The predicted molar refractivity (Wildman–Crippen MR) is 116 cm³/mol. The van der Waals surface area contributed by atoms with Crippen LogP contribution in [0, 0.1) is 34.6 Å². The molecule has 1 heterocycles. The lowest BCUT2D eigenvalue weighted by molar-refractivity contribution is -0.861. The molecule has 6 nitrogen and oxygen atoms in total. The molecule has 6 heteroatoms. The summed E-state index contributed by atoms with van der Waals surface area (Å²) in [6, 6.07) is 6.05. The van der Waals surface area contributed by atoms with Crippen LogP contribution >= 0.6 is 0 Å². The first kappa shape index (κ1) is 22.8. The second kappa shape index (κ2) is 9.85. The number of anilines is 1. The Hall–Kier alpha value is -2.44. The molecule has 2 N–H and O–H groups in total. The lowest BCUT2D eigenvalue weighted by Crippen LogP contribution is -3.11. The van der Waals surface area contributed by atoms with Gasteiger partial charge in [0.1, 0.15) is 6.54 Å². The smallest absolute Gasteiger partial charge is 0.279 e. The van der Waals surface area contributed by atoms with Crippen LogP contribution in [0.1, 0.15) is 38.4 Å². The molecule has 0 aliphatic heterocycles. The molecule has 0 aliphatic rings. The highest BCUT2D eigenvalue weighted by molar-refractivity contribution is 5.98. The van der Waals surface area contributed by atoms with Gasteiger partial charge in [0, 0.05) is 36.3 Å². The lowest BCUT2D eigenvalue weighted by Gasteiger charge is -2.16. The Morgan fingerprint density at radius 3 is 2.24 bits per heavy atom. The molecule has 0 fully saturated rings. The maximum absolute atomic E-state index is 12.8. The van der Waals surface area contributed by atoms with Crippen LogP contribution in [0.3, 0.4) is 0 Å². The van der Waals surface area contributed by atoms with Crippen LogP contribution in [0.5, 0.6) is 0 Å². The molecule has 0 saturated heterocycles. The highest BCUT2D eigenvalue weighted by Gasteiger charge is 2.21. The van der Waals surface area contributed by atoms with Gasteiger partial charge in [-0.1, -0.05) is 17.7 Å². The van der Waals surface area contributed by atoms with Crippen LogP contribution in [-0.4, -0.2) is 50.1 Å². The maximum Gasteiger partial charge on any atom is 0.279 e. The van der Waals surface area contributed by atoms with E-state index in [-0.39, 0.29) is 24.8 Å². The monoisotopic (exact) mass is 400 g/mol. The number of likely N-dealkylation sites (N-methyl/N-ethyl adjacent to an activating group) is 1. The number of aryl methyl sites for hydroxylation is 4. The van der Waals surface area contributed by atoms with Gasteiger partial charge in [0.25, 0.3) is 5.91 Å². The molecular weight excluding hydrogens is 366 g/mol. The van der Waals surface area contributed by atoms with E-state index in [0.29, 0.717) is 6.61 Å². The highest BCUT2D eigenvalue weighted by atomic mass is 16.5. The number of benzene rings is 1. The van der Waals surface area contributed by atoms with Gasteiger partial charge in [0.15, 0.2) is 6.54 Å². The Kier molecular flexibility index (Phi) is 7.76. The van der Waals surface area contributed by atoms with Crippen LogP contribution in [0.4, 0.5) is 5.69 Å². The SMILES string of the molecule is COCCn1c(C)cc(C(=O)C[NH+](C)CC(=O)Nc2c(C)cc(C)cc2C)c1C. The Bertz CT molecular complexity index is 876. The highest BCUT2D eigenvalue weighted by Crippen LogP contribution is 2.21. The first-order chi connectivity index (χ1) is 13.6. The molecule has 0 spiro atoms. The molecule has 158 valence electrons. The molecular formula is C23H34N3O3+. The summed E-state index contributed by atoms with van der Waals surface area (Å²) < 4.78 is 7.25. The number of rotatable bonds is 9. The number of nitrogens with one attached hydrogen (secondary N) is 2. The number of carbonyl (C=O) groups is 2. The number of nitrogens with zero attached hydrogens (tertiary/aromatic N) is 1. The predicted octanol–water partition coefficient (Wildman–Crippen LogP) is 2.01. The molecule has 0 aliphatic carbocycles. The molecule has 1 atom stereocenters. The van der Waals surface area contributed by atoms with Crippen LogP contribution in [0.15, 0.2) is 18.2 Å². The summed E-state index contributed by atoms with van der Waals surface area (Å²) in [7, 11) is 3.54. The molecule has 0 radical (unpaired) electrons. The minimum atomic E-state index is -0.0871. The molecule has 1 unspecified atom stereocenters. The number of methoxy groups -OCH3 is 1. The van der Waals surface area contributed by atoms with Gasteiger partial charge in [-0.25, -0.2) is 0 Å².